The van der Waals surface area contributed by atoms with Gasteiger partial charge in [-0.3, -0.25) is 0 Å². The summed E-state index contributed by atoms with van der Waals surface area (Å²) in [6, 6.07) is 10.2. The molecule has 0 bridgehead atoms. The lowest BCUT2D eigenvalue weighted by molar-refractivity contribution is 0.590. The number of anilines is 2. The van der Waals surface area contributed by atoms with Crippen LogP contribution >= 0.6 is 0 Å². The number of nitrogens with zero attached hydrogens (tertiary/aromatic N) is 3. The molecule has 1 heterocycles. The zero-order valence-electron chi connectivity index (χ0n) is 11.3. The van der Waals surface area contributed by atoms with Gasteiger partial charge < -0.3 is 5.32 Å². The van der Waals surface area contributed by atoms with Crippen LogP contribution in [0.25, 0.3) is 0 Å². The molecule has 0 saturated heterocycles. The van der Waals surface area contributed by atoms with Crippen molar-refractivity contribution in [3.05, 3.63) is 47.9 Å². The lowest BCUT2D eigenvalue weighted by Gasteiger charge is -2.19. The van der Waals surface area contributed by atoms with Crippen molar-refractivity contribution in [1.29, 1.82) is 5.26 Å². The molecule has 0 aliphatic rings. The Balaban J connectivity index is 2.13. The normalized spacial score (nSPS) is 10.8. The third-order valence-electron chi connectivity index (χ3n) is 2.79. The Hall–Kier alpha value is -2.41. The van der Waals surface area contributed by atoms with Crippen molar-refractivity contribution in [2.45, 2.75) is 26.2 Å². The standard InChI is InChI=1S/C15H16N4/c1-15(2,3)11-4-6-12(7-5-11)19-14-10-17-13(8-16)9-18-14/h4-7,9-10H,1-3H3,(H,18,19). The second kappa shape index (κ2) is 5.07. The summed E-state index contributed by atoms with van der Waals surface area (Å²) in [6.07, 6.45) is 3.00. The van der Waals surface area contributed by atoms with Crippen LogP contribution in [0.1, 0.15) is 32.0 Å². The first-order valence-corrected chi connectivity index (χ1v) is 6.09. The van der Waals surface area contributed by atoms with E-state index in [9.17, 15) is 0 Å². The third-order valence-corrected chi connectivity index (χ3v) is 2.79. The third kappa shape index (κ3) is 3.29. The van der Waals surface area contributed by atoms with Crippen LogP contribution in [0, 0.1) is 11.3 Å². The van der Waals surface area contributed by atoms with E-state index in [1.807, 2.05) is 18.2 Å². The molecule has 2 rings (SSSR count). The molecule has 0 aliphatic heterocycles. The Bertz CT molecular complexity index is 586. The largest absolute Gasteiger partial charge is 0.339 e. The van der Waals surface area contributed by atoms with E-state index in [0.29, 0.717) is 11.5 Å². The maximum Gasteiger partial charge on any atom is 0.158 e. The van der Waals surface area contributed by atoms with E-state index in [-0.39, 0.29) is 5.41 Å². The van der Waals surface area contributed by atoms with Crippen LogP contribution in [0.2, 0.25) is 0 Å². The molecule has 1 aromatic heterocycles. The van der Waals surface area contributed by atoms with Gasteiger partial charge >= 0.3 is 0 Å². The highest BCUT2D eigenvalue weighted by molar-refractivity contribution is 5.56. The molecule has 0 atom stereocenters. The molecule has 0 radical (unpaired) electrons. The molecule has 0 unspecified atom stereocenters. The first kappa shape index (κ1) is 13.0. The monoisotopic (exact) mass is 252 g/mol. The minimum absolute atomic E-state index is 0.146. The van der Waals surface area contributed by atoms with Gasteiger partial charge in [0.05, 0.1) is 12.4 Å². The average Bonchev–Trinajstić information content (AvgIpc) is 2.39. The van der Waals surface area contributed by atoms with Gasteiger partial charge in [0, 0.05) is 5.69 Å². The summed E-state index contributed by atoms with van der Waals surface area (Å²) in [5.41, 5.74) is 2.69. The van der Waals surface area contributed by atoms with Gasteiger partial charge in [0.1, 0.15) is 11.9 Å². The molecule has 1 aromatic carbocycles. The minimum atomic E-state index is 0.146. The van der Waals surface area contributed by atoms with Crippen molar-refractivity contribution >= 4 is 11.5 Å². The van der Waals surface area contributed by atoms with E-state index < -0.39 is 0 Å². The molecule has 0 aliphatic carbocycles. The number of rotatable bonds is 2. The van der Waals surface area contributed by atoms with Gasteiger partial charge in [-0.1, -0.05) is 32.9 Å². The van der Waals surface area contributed by atoms with E-state index in [4.69, 9.17) is 5.26 Å². The SMILES string of the molecule is CC(C)(C)c1ccc(Nc2cnc(C#N)cn2)cc1. The van der Waals surface area contributed by atoms with Gasteiger partial charge in [0.25, 0.3) is 0 Å². The molecule has 0 fully saturated rings. The molecule has 0 spiro atoms. The van der Waals surface area contributed by atoms with Crippen LogP contribution < -0.4 is 5.32 Å². The maximum absolute atomic E-state index is 8.65. The van der Waals surface area contributed by atoms with Gasteiger partial charge in [-0.25, -0.2) is 9.97 Å². The summed E-state index contributed by atoms with van der Waals surface area (Å²) in [6.45, 7) is 6.55. The van der Waals surface area contributed by atoms with Crippen LogP contribution in [-0.2, 0) is 5.41 Å². The van der Waals surface area contributed by atoms with Crippen LogP contribution in [0.4, 0.5) is 11.5 Å². The minimum Gasteiger partial charge on any atom is -0.339 e. The average molecular weight is 252 g/mol. The van der Waals surface area contributed by atoms with E-state index in [1.54, 1.807) is 6.20 Å². The van der Waals surface area contributed by atoms with Gasteiger partial charge in [-0.2, -0.15) is 5.26 Å². The van der Waals surface area contributed by atoms with E-state index in [0.717, 1.165) is 5.69 Å². The predicted octanol–water partition coefficient (Wildman–Crippen LogP) is 3.39. The summed E-state index contributed by atoms with van der Waals surface area (Å²) in [5, 5.41) is 11.8. The summed E-state index contributed by atoms with van der Waals surface area (Å²) in [4.78, 5) is 8.08. The molecule has 1 N–H and O–H groups in total. The summed E-state index contributed by atoms with van der Waals surface area (Å²) >= 11 is 0. The lowest BCUT2D eigenvalue weighted by atomic mass is 9.87. The van der Waals surface area contributed by atoms with E-state index >= 15 is 0 Å². The quantitative estimate of drug-likeness (QED) is 0.889. The molecule has 96 valence electrons. The Labute approximate surface area is 113 Å². The number of nitriles is 1. The molecule has 19 heavy (non-hydrogen) atoms. The van der Waals surface area contributed by atoms with Gasteiger partial charge in [0.2, 0.25) is 0 Å². The van der Waals surface area contributed by atoms with Gasteiger partial charge in [0.15, 0.2) is 5.69 Å². The zero-order valence-corrected chi connectivity index (χ0v) is 11.3. The summed E-state index contributed by atoms with van der Waals surface area (Å²) in [5.74, 6) is 0.627. The Morgan fingerprint density at radius 3 is 2.21 bits per heavy atom. The summed E-state index contributed by atoms with van der Waals surface area (Å²) < 4.78 is 0. The Kier molecular flexibility index (Phi) is 3.48. The molecule has 0 amide bonds. The van der Waals surface area contributed by atoms with Crippen LogP contribution in [0.15, 0.2) is 36.7 Å². The number of hydrogen-bond acceptors (Lipinski definition) is 4. The molecule has 4 heteroatoms. The Morgan fingerprint density at radius 2 is 1.74 bits per heavy atom. The van der Waals surface area contributed by atoms with Gasteiger partial charge in [-0.05, 0) is 23.1 Å². The first-order valence-electron chi connectivity index (χ1n) is 6.09. The molecular weight excluding hydrogens is 236 g/mol. The fourth-order valence-corrected chi connectivity index (χ4v) is 1.65. The number of aromatic nitrogens is 2. The fourth-order valence-electron chi connectivity index (χ4n) is 1.65. The summed E-state index contributed by atoms with van der Waals surface area (Å²) in [7, 11) is 0. The number of nitrogens with one attached hydrogen (secondary N) is 1. The van der Waals surface area contributed by atoms with Crippen molar-refractivity contribution in [3.63, 3.8) is 0 Å². The number of hydrogen-bond donors (Lipinski definition) is 1. The second-order valence-electron chi connectivity index (χ2n) is 5.35. The van der Waals surface area contributed by atoms with E-state index in [2.05, 4.69) is 48.2 Å². The van der Waals surface area contributed by atoms with Gasteiger partial charge in [-0.15, -0.1) is 0 Å². The second-order valence-corrected chi connectivity index (χ2v) is 5.35. The van der Waals surface area contributed by atoms with Crippen molar-refractivity contribution in [2.75, 3.05) is 5.32 Å². The zero-order chi connectivity index (χ0) is 13.9. The van der Waals surface area contributed by atoms with Crippen LogP contribution in [0.5, 0.6) is 0 Å². The maximum atomic E-state index is 8.65. The molecule has 2 aromatic rings. The van der Waals surface area contributed by atoms with Crippen LogP contribution in [-0.4, -0.2) is 9.97 Å². The first-order chi connectivity index (χ1) is 8.99. The number of benzene rings is 1. The highest BCUT2D eigenvalue weighted by Crippen LogP contribution is 2.24. The van der Waals surface area contributed by atoms with Crippen LogP contribution in [0.3, 0.4) is 0 Å². The molecule has 0 saturated carbocycles. The predicted molar refractivity (Wildman–Crippen MR) is 75.2 cm³/mol. The lowest BCUT2D eigenvalue weighted by Crippen LogP contribution is -2.10. The van der Waals surface area contributed by atoms with Crippen molar-refractivity contribution in [1.82, 2.24) is 9.97 Å². The molecular formula is C15H16N4. The fraction of sp³-hybridized carbons (Fsp3) is 0.267. The smallest absolute Gasteiger partial charge is 0.158 e. The van der Waals surface area contributed by atoms with Crippen molar-refractivity contribution in [2.24, 2.45) is 0 Å². The van der Waals surface area contributed by atoms with Crippen molar-refractivity contribution < 1.29 is 0 Å². The topological polar surface area (TPSA) is 61.6 Å². The highest BCUT2D eigenvalue weighted by atomic mass is 15.0. The molecule has 4 nitrogen and oxygen atoms in total. The highest BCUT2D eigenvalue weighted by Gasteiger charge is 2.12. The Morgan fingerprint density at radius 1 is 1.05 bits per heavy atom. The van der Waals surface area contributed by atoms with Crippen molar-refractivity contribution in [3.8, 4) is 6.07 Å². The van der Waals surface area contributed by atoms with E-state index in [1.165, 1.54) is 11.8 Å².